The molecule has 0 bridgehead atoms. The molecule has 1 N–H and O–H groups in total. The second-order valence-electron chi connectivity index (χ2n) is 3.30. The molecule has 0 aliphatic rings. The molecule has 0 saturated carbocycles. The lowest BCUT2D eigenvalue weighted by Crippen LogP contribution is -2.37. The highest BCUT2D eigenvalue weighted by Crippen LogP contribution is 2.13. The Hall–Kier alpha value is -0.690. The monoisotopic (exact) mass is 320 g/mol. The minimum absolute atomic E-state index is 0.0378. The van der Waals surface area contributed by atoms with Gasteiger partial charge in [0.05, 0.1) is 18.2 Å². The Labute approximate surface area is 102 Å². The van der Waals surface area contributed by atoms with Crippen molar-refractivity contribution in [2.45, 2.75) is 13.0 Å². The fourth-order valence-corrected chi connectivity index (χ4v) is 1.63. The second kappa shape index (κ2) is 5.41. The lowest BCUT2D eigenvalue weighted by molar-refractivity contribution is 0.0681. The van der Waals surface area contributed by atoms with Crippen molar-refractivity contribution in [3.63, 3.8) is 0 Å². The van der Waals surface area contributed by atoms with Gasteiger partial charge in [-0.15, -0.1) is 0 Å². The standard InChI is InChI=1S/C10H13IN2O2/c1-7(6-14)13(2)10(15)8-3-4-12-5-9(8)11/h3-5,7,14H,6H2,1-2H3. The van der Waals surface area contributed by atoms with E-state index in [1.165, 1.54) is 4.90 Å². The SMILES string of the molecule is CC(CO)N(C)C(=O)c1ccncc1I. The number of hydrogen-bond donors (Lipinski definition) is 1. The largest absolute Gasteiger partial charge is 0.394 e. The quantitative estimate of drug-likeness (QED) is 0.850. The van der Waals surface area contributed by atoms with Crippen LogP contribution in [0.1, 0.15) is 17.3 Å². The summed E-state index contributed by atoms with van der Waals surface area (Å²) in [5.74, 6) is -0.0941. The van der Waals surface area contributed by atoms with Crippen LogP contribution >= 0.6 is 22.6 Å². The van der Waals surface area contributed by atoms with Crippen LogP contribution in [-0.4, -0.2) is 40.6 Å². The van der Waals surface area contributed by atoms with Gasteiger partial charge in [-0.2, -0.15) is 0 Å². The normalized spacial score (nSPS) is 12.3. The molecule has 15 heavy (non-hydrogen) atoms. The number of aromatic nitrogens is 1. The van der Waals surface area contributed by atoms with Gasteiger partial charge in [0.15, 0.2) is 0 Å². The molecular formula is C10H13IN2O2. The summed E-state index contributed by atoms with van der Waals surface area (Å²) in [7, 11) is 1.68. The van der Waals surface area contributed by atoms with Gasteiger partial charge in [0.25, 0.3) is 5.91 Å². The molecule has 82 valence electrons. The van der Waals surface area contributed by atoms with Crippen LogP contribution in [0.4, 0.5) is 0 Å². The molecule has 5 heteroatoms. The summed E-state index contributed by atoms with van der Waals surface area (Å²) in [5.41, 5.74) is 0.619. The Bertz CT molecular complexity index is 357. The van der Waals surface area contributed by atoms with Crippen molar-refractivity contribution in [3.8, 4) is 0 Å². The number of carbonyl (C=O) groups excluding carboxylic acids is 1. The van der Waals surface area contributed by atoms with E-state index < -0.39 is 0 Å². The van der Waals surface area contributed by atoms with Crippen molar-refractivity contribution in [3.05, 3.63) is 27.6 Å². The molecule has 0 saturated heterocycles. The topological polar surface area (TPSA) is 53.4 Å². The van der Waals surface area contributed by atoms with Gasteiger partial charge in [0.2, 0.25) is 0 Å². The molecule has 0 aliphatic carbocycles. The van der Waals surface area contributed by atoms with E-state index in [2.05, 4.69) is 27.6 Å². The third-order valence-corrected chi connectivity index (χ3v) is 3.11. The number of aliphatic hydroxyl groups is 1. The summed E-state index contributed by atoms with van der Waals surface area (Å²) in [4.78, 5) is 17.4. The van der Waals surface area contributed by atoms with Crippen LogP contribution in [0.25, 0.3) is 0 Å². The first-order chi connectivity index (χ1) is 7.07. The van der Waals surface area contributed by atoms with Gasteiger partial charge >= 0.3 is 0 Å². The van der Waals surface area contributed by atoms with Crippen LogP contribution in [0.15, 0.2) is 18.5 Å². The third kappa shape index (κ3) is 2.88. The maximum absolute atomic E-state index is 11.9. The molecule has 4 nitrogen and oxygen atoms in total. The van der Waals surface area contributed by atoms with Crippen LogP contribution in [-0.2, 0) is 0 Å². The van der Waals surface area contributed by atoms with E-state index >= 15 is 0 Å². The van der Waals surface area contributed by atoms with Gasteiger partial charge in [-0.1, -0.05) is 0 Å². The molecule has 1 heterocycles. The minimum atomic E-state index is -0.179. The number of likely N-dealkylation sites (N-methyl/N-ethyl adjacent to an activating group) is 1. The molecule has 0 spiro atoms. The summed E-state index contributed by atoms with van der Waals surface area (Å²) in [6.45, 7) is 1.76. The first-order valence-electron chi connectivity index (χ1n) is 4.55. The summed E-state index contributed by atoms with van der Waals surface area (Å²) in [5, 5.41) is 8.96. The van der Waals surface area contributed by atoms with Crippen molar-refractivity contribution in [1.82, 2.24) is 9.88 Å². The number of carbonyl (C=O) groups is 1. The van der Waals surface area contributed by atoms with Gasteiger partial charge in [-0.05, 0) is 35.6 Å². The molecule has 1 rings (SSSR count). The number of rotatable bonds is 3. The van der Waals surface area contributed by atoms with E-state index in [9.17, 15) is 4.79 Å². The highest BCUT2D eigenvalue weighted by Gasteiger charge is 2.18. The summed E-state index contributed by atoms with van der Waals surface area (Å²) in [6.07, 6.45) is 3.23. The zero-order valence-electron chi connectivity index (χ0n) is 8.64. The van der Waals surface area contributed by atoms with Crippen LogP contribution < -0.4 is 0 Å². The van der Waals surface area contributed by atoms with E-state index in [4.69, 9.17) is 5.11 Å². The number of amides is 1. The average Bonchev–Trinajstić information content (AvgIpc) is 2.26. The molecule has 1 aromatic heterocycles. The Morgan fingerprint density at radius 3 is 2.93 bits per heavy atom. The van der Waals surface area contributed by atoms with Crippen molar-refractivity contribution >= 4 is 28.5 Å². The predicted octanol–water partition coefficient (Wildman–Crippen LogP) is 1.14. The van der Waals surface area contributed by atoms with Crippen molar-refractivity contribution in [2.24, 2.45) is 0 Å². The van der Waals surface area contributed by atoms with E-state index in [1.807, 2.05) is 0 Å². The van der Waals surface area contributed by atoms with E-state index in [1.54, 1.807) is 32.4 Å². The Morgan fingerprint density at radius 2 is 2.40 bits per heavy atom. The summed E-state index contributed by atoms with van der Waals surface area (Å²) in [6, 6.07) is 1.51. The second-order valence-corrected chi connectivity index (χ2v) is 4.47. The first kappa shape index (κ1) is 12.4. The van der Waals surface area contributed by atoms with Crippen LogP contribution in [0.5, 0.6) is 0 Å². The summed E-state index contributed by atoms with van der Waals surface area (Å²) < 4.78 is 0.817. The highest BCUT2D eigenvalue weighted by molar-refractivity contribution is 14.1. The lowest BCUT2D eigenvalue weighted by atomic mass is 10.2. The van der Waals surface area contributed by atoms with Gasteiger partial charge in [0.1, 0.15) is 0 Å². The van der Waals surface area contributed by atoms with Crippen LogP contribution in [0.2, 0.25) is 0 Å². The van der Waals surface area contributed by atoms with Crippen molar-refractivity contribution < 1.29 is 9.90 Å². The molecule has 1 aromatic rings. The number of pyridine rings is 1. The Kier molecular flexibility index (Phi) is 4.46. The third-order valence-electron chi connectivity index (χ3n) is 2.25. The fraction of sp³-hybridized carbons (Fsp3) is 0.400. The van der Waals surface area contributed by atoms with Crippen LogP contribution in [0, 0.1) is 3.57 Å². The Balaban J connectivity index is 2.90. The first-order valence-corrected chi connectivity index (χ1v) is 5.63. The van der Waals surface area contributed by atoms with E-state index in [-0.39, 0.29) is 18.6 Å². The van der Waals surface area contributed by atoms with Gasteiger partial charge in [-0.25, -0.2) is 0 Å². The number of halogens is 1. The molecule has 0 aromatic carbocycles. The summed E-state index contributed by atoms with van der Waals surface area (Å²) >= 11 is 2.07. The fourth-order valence-electron chi connectivity index (χ4n) is 1.06. The van der Waals surface area contributed by atoms with E-state index in [0.29, 0.717) is 5.56 Å². The number of hydrogen-bond acceptors (Lipinski definition) is 3. The molecule has 1 unspecified atom stereocenters. The van der Waals surface area contributed by atoms with Gasteiger partial charge in [0, 0.05) is 23.0 Å². The molecule has 1 amide bonds. The van der Waals surface area contributed by atoms with Crippen molar-refractivity contribution in [2.75, 3.05) is 13.7 Å². The number of aliphatic hydroxyl groups excluding tert-OH is 1. The molecule has 0 radical (unpaired) electrons. The molecular weight excluding hydrogens is 307 g/mol. The maximum Gasteiger partial charge on any atom is 0.255 e. The predicted molar refractivity (Wildman–Crippen MR) is 65.6 cm³/mol. The smallest absolute Gasteiger partial charge is 0.255 e. The van der Waals surface area contributed by atoms with Gasteiger partial charge in [-0.3, -0.25) is 9.78 Å². The maximum atomic E-state index is 11.9. The highest BCUT2D eigenvalue weighted by atomic mass is 127. The molecule has 1 atom stereocenters. The zero-order valence-corrected chi connectivity index (χ0v) is 10.8. The van der Waals surface area contributed by atoms with Crippen LogP contribution in [0.3, 0.4) is 0 Å². The molecule has 0 fully saturated rings. The zero-order chi connectivity index (χ0) is 11.4. The van der Waals surface area contributed by atoms with Crippen molar-refractivity contribution in [1.29, 1.82) is 0 Å². The average molecular weight is 320 g/mol. The minimum Gasteiger partial charge on any atom is -0.394 e. The Morgan fingerprint density at radius 1 is 1.73 bits per heavy atom. The molecule has 0 aliphatic heterocycles. The van der Waals surface area contributed by atoms with Gasteiger partial charge < -0.3 is 10.0 Å². The lowest BCUT2D eigenvalue weighted by Gasteiger charge is -2.23. The number of nitrogens with zero attached hydrogens (tertiary/aromatic N) is 2. The van der Waals surface area contributed by atoms with E-state index in [0.717, 1.165) is 3.57 Å².